The van der Waals surface area contributed by atoms with E-state index in [1.54, 1.807) is 12.7 Å². The Morgan fingerprint density at radius 2 is 1.21 bits per heavy atom. The summed E-state index contributed by atoms with van der Waals surface area (Å²) in [7, 11) is 0. The van der Waals surface area contributed by atoms with E-state index in [1.165, 1.54) is 5.56 Å². The van der Waals surface area contributed by atoms with Crippen molar-refractivity contribution < 1.29 is 0 Å². The molecule has 144 valence electrons. The molecule has 3 aromatic carbocycles. The molecule has 0 fully saturated rings. The lowest BCUT2D eigenvalue weighted by Crippen LogP contribution is -1.71. The van der Waals surface area contributed by atoms with Crippen molar-refractivity contribution in [3.63, 3.8) is 0 Å². The standard InChI is InChI=1S/C9H10N2.2C7H6N2/c1-6-3-4-8-9(5-6)11-7(2)10-8;2*1-2-4-7-6(3-1)8-5-9-7/h3-5H,1-2H3,(H,10,11);2*1-5H,(H,8,9). The maximum absolute atomic E-state index is 4.30. The van der Waals surface area contributed by atoms with Crippen LogP contribution in [0, 0.1) is 13.8 Å². The monoisotopic (exact) mass is 382 g/mol. The summed E-state index contributed by atoms with van der Waals surface area (Å²) in [6.45, 7) is 4.05. The van der Waals surface area contributed by atoms with Crippen LogP contribution in [-0.2, 0) is 0 Å². The van der Waals surface area contributed by atoms with Gasteiger partial charge in [-0.25, -0.2) is 15.0 Å². The molecule has 0 saturated heterocycles. The van der Waals surface area contributed by atoms with Gasteiger partial charge in [-0.3, -0.25) is 0 Å². The van der Waals surface area contributed by atoms with Crippen LogP contribution in [-0.4, -0.2) is 29.9 Å². The molecule has 0 saturated carbocycles. The van der Waals surface area contributed by atoms with Crippen LogP contribution in [0.2, 0.25) is 0 Å². The first-order valence-corrected chi connectivity index (χ1v) is 9.38. The van der Waals surface area contributed by atoms with E-state index >= 15 is 0 Å². The lowest BCUT2D eigenvalue weighted by atomic mass is 10.2. The van der Waals surface area contributed by atoms with Crippen LogP contribution in [0.5, 0.6) is 0 Å². The molecular formula is C23H22N6. The number of fused-ring (bicyclic) bond motifs is 3. The number of rotatable bonds is 0. The zero-order chi connectivity index (χ0) is 20.1. The van der Waals surface area contributed by atoms with Gasteiger partial charge in [-0.05, 0) is 55.8 Å². The zero-order valence-corrected chi connectivity index (χ0v) is 16.3. The van der Waals surface area contributed by atoms with Gasteiger partial charge in [0.2, 0.25) is 0 Å². The van der Waals surface area contributed by atoms with E-state index in [0.29, 0.717) is 0 Å². The largest absolute Gasteiger partial charge is 0.345 e. The third-order valence-electron chi connectivity index (χ3n) is 4.41. The van der Waals surface area contributed by atoms with E-state index in [0.717, 1.165) is 38.9 Å². The minimum atomic E-state index is 0.977. The van der Waals surface area contributed by atoms with E-state index in [2.05, 4.69) is 49.0 Å². The number of nitrogens with one attached hydrogen (secondary N) is 3. The predicted octanol–water partition coefficient (Wildman–Crippen LogP) is 5.31. The molecule has 0 unspecified atom stereocenters. The summed E-state index contributed by atoms with van der Waals surface area (Å²) in [5.74, 6) is 0.977. The van der Waals surface area contributed by atoms with Gasteiger partial charge in [0.05, 0.1) is 45.8 Å². The first-order chi connectivity index (χ1) is 14.2. The fraction of sp³-hybridized carbons (Fsp3) is 0.0870. The molecule has 3 N–H and O–H groups in total. The molecule has 0 spiro atoms. The molecule has 0 bridgehead atoms. The summed E-state index contributed by atoms with van der Waals surface area (Å²) >= 11 is 0. The summed E-state index contributed by atoms with van der Waals surface area (Å²) in [5.41, 5.74) is 7.68. The Morgan fingerprint density at radius 3 is 1.79 bits per heavy atom. The first kappa shape index (κ1) is 18.4. The second kappa shape index (κ2) is 8.39. The number of H-pyrrole nitrogens is 3. The van der Waals surface area contributed by atoms with Gasteiger partial charge in [-0.2, -0.15) is 0 Å². The molecule has 0 atom stereocenters. The number of aromatic amines is 3. The summed E-state index contributed by atoms with van der Waals surface area (Å²) in [5, 5.41) is 0. The maximum atomic E-state index is 4.30. The number of hydrogen-bond donors (Lipinski definition) is 3. The Labute approximate surface area is 168 Å². The Balaban J connectivity index is 0.000000107. The fourth-order valence-corrected chi connectivity index (χ4v) is 3.01. The van der Waals surface area contributed by atoms with E-state index in [4.69, 9.17) is 0 Å². The van der Waals surface area contributed by atoms with Crippen LogP contribution in [0.4, 0.5) is 0 Å². The van der Waals surface area contributed by atoms with Crippen LogP contribution in [0.15, 0.2) is 79.4 Å². The van der Waals surface area contributed by atoms with Crippen molar-refractivity contribution in [3.05, 3.63) is 90.8 Å². The zero-order valence-electron chi connectivity index (χ0n) is 16.3. The Bertz CT molecular complexity index is 1220. The number of aryl methyl sites for hydroxylation is 2. The molecule has 0 radical (unpaired) electrons. The van der Waals surface area contributed by atoms with E-state index in [9.17, 15) is 0 Å². The predicted molar refractivity (Wildman–Crippen MR) is 118 cm³/mol. The Kier molecular flexibility index (Phi) is 5.33. The second-order valence-electron chi connectivity index (χ2n) is 6.68. The highest BCUT2D eigenvalue weighted by atomic mass is 14.9. The molecule has 6 nitrogen and oxygen atoms in total. The topological polar surface area (TPSA) is 86.0 Å². The molecule has 3 heterocycles. The molecule has 6 rings (SSSR count). The fourth-order valence-electron chi connectivity index (χ4n) is 3.01. The van der Waals surface area contributed by atoms with Gasteiger partial charge in [-0.15, -0.1) is 0 Å². The van der Waals surface area contributed by atoms with Gasteiger partial charge < -0.3 is 15.0 Å². The third-order valence-corrected chi connectivity index (χ3v) is 4.41. The molecule has 6 aromatic rings. The van der Waals surface area contributed by atoms with Gasteiger partial charge in [-0.1, -0.05) is 30.3 Å². The SMILES string of the molecule is Cc1ccc2nc(C)[nH]c2c1.c1ccc2[nH]cnc2c1.c1ccc2[nH]cnc2c1. The van der Waals surface area contributed by atoms with E-state index in [1.807, 2.05) is 61.5 Å². The molecule has 29 heavy (non-hydrogen) atoms. The quantitative estimate of drug-likeness (QED) is 0.333. The minimum Gasteiger partial charge on any atom is -0.345 e. The van der Waals surface area contributed by atoms with Gasteiger partial charge >= 0.3 is 0 Å². The Morgan fingerprint density at radius 1 is 0.621 bits per heavy atom. The van der Waals surface area contributed by atoms with Crippen LogP contribution >= 0.6 is 0 Å². The average Bonchev–Trinajstić information content (AvgIpc) is 3.47. The highest BCUT2D eigenvalue weighted by Gasteiger charge is 1.96. The van der Waals surface area contributed by atoms with Gasteiger partial charge in [0.1, 0.15) is 5.82 Å². The maximum Gasteiger partial charge on any atom is 0.104 e. The van der Waals surface area contributed by atoms with E-state index in [-0.39, 0.29) is 0 Å². The van der Waals surface area contributed by atoms with Crippen molar-refractivity contribution in [2.75, 3.05) is 0 Å². The number of imidazole rings is 3. The Hall–Kier alpha value is -3.93. The summed E-state index contributed by atoms with van der Waals surface area (Å²) < 4.78 is 0. The van der Waals surface area contributed by atoms with Gasteiger partial charge in [0, 0.05) is 0 Å². The smallest absolute Gasteiger partial charge is 0.104 e. The number of hydrogen-bond acceptors (Lipinski definition) is 3. The average molecular weight is 382 g/mol. The van der Waals surface area contributed by atoms with Crippen molar-refractivity contribution in [2.45, 2.75) is 13.8 Å². The van der Waals surface area contributed by atoms with Crippen molar-refractivity contribution in [1.29, 1.82) is 0 Å². The van der Waals surface area contributed by atoms with Crippen LogP contribution < -0.4 is 0 Å². The van der Waals surface area contributed by atoms with Crippen LogP contribution in [0.3, 0.4) is 0 Å². The summed E-state index contributed by atoms with van der Waals surface area (Å²) in [6.07, 6.45) is 3.40. The molecule has 0 aliphatic carbocycles. The van der Waals surface area contributed by atoms with Crippen molar-refractivity contribution in [2.24, 2.45) is 0 Å². The molecular weight excluding hydrogens is 360 g/mol. The molecule has 3 aromatic heterocycles. The molecule has 6 heteroatoms. The number of aromatic nitrogens is 6. The number of nitrogens with zero attached hydrogens (tertiary/aromatic N) is 3. The normalized spacial score (nSPS) is 10.4. The molecule has 0 amide bonds. The third kappa shape index (κ3) is 4.50. The van der Waals surface area contributed by atoms with Crippen LogP contribution in [0.1, 0.15) is 11.4 Å². The van der Waals surface area contributed by atoms with Crippen molar-refractivity contribution >= 4 is 33.1 Å². The highest BCUT2D eigenvalue weighted by Crippen LogP contribution is 2.12. The lowest BCUT2D eigenvalue weighted by molar-refractivity contribution is 1.17. The van der Waals surface area contributed by atoms with Gasteiger partial charge in [0.15, 0.2) is 0 Å². The lowest BCUT2D eigenvalue weighted by Gasteiger charge is -1.89. The highest BCUT2D eigenvalue weighted by molar-refractivity contribution is 5.76. The van der Waals surface area contributed by atoms with Gasteiger partial charge in [0.25, 0.3) is 0 Å². The summed E-state index contributed by atoms with van der Waals surface area (Å²) in [4.78, 5) is 21.6. The number of benzene rings is 3. The van der Waals surface area contributed by atoms with Crippen LogP contribution in [0.25, 0.3) is 33.1 Å². The van der Waals surface area contributed by atoms with E-state index < -0.39 is 0 Å². The summed E-state index contributed by atoms with van der Waals surface area (Å²) in [6, 6.07) is 22.1. The molecule has 0 aliphatic rings. The minimum absolute atomic E-state index is 0.977. The number of para-hydroxylation sites is 4. The van der Waals surface area contributed by atoms with Crippen molar-refractivity contribution in [3.8, 4) is 0 Å². The van der Waals surface area contributed by atoms with Crippen molar-refractivity contribution in [1.82, 2.24) is 29.9 Å². The first-order valence-electron chi connectivity index (χ1n) is 9.38. The second-order valence-corrected chi connectivity index (χ2v) is 6.68. The molecule has 0 aliphatic heterocycles.